The Balaban J connectivity index is 1.70. The van der Waals surface area contributed by atoms with Crippen LogP contribution >= 0.6 is 11.8 Å². The minimum Gasteiger partial charge on any atom is -0.478 e. The van der Waals surface area contributed by atoms with Crippen LogP contribution in [0.2, 0.25) is 0 Å². The van der Waals surface area contributed by atoms with Crippen molar-refractivity contribution in [3.8, 4) is 11.3 Å². The molecule has 0 amide bonds. The number of aromatic carboxylic acids is 1. The van der Waals surface area contributed by atoms with Gasteiger partial charge in [0.25, 0.3) is 6.20 Å². The van der Waals surface area contributed by atoms with Crippen molar-refractivity contribution < 1.29 is 14.8 Å². The lowest BCUT2D eigenvalue weighted by Gasteiger charge is -2.36. The van der Waals surface area contributed by atoms with E-state index in [1.165, 1.54) is 11.8 Å². The van der Waals surface area contributed by atoms with Gasteiger partial charge >= 0.3 is 5.97 Å². The van der Waals surface area contributed by atoms with Crippen LogP contribution in [0.1, 0.15) is 15.9 Å². The van der Waals surface area contributed by atoms with Crippen LogP contribution < -0.4 is 0 Å². The van der Waals surface area contributed by atoms with Gasteiger partial charge < -0.3 is 10.0 Å². The molecule has 3 aromatic rings. The van der Waals surface area contributed by atoms with E-state index in [1.54, 1.807) is 6.07 Å². The maximum Gasteiger partial charge on any atom is 0.336 e. The maximum absolute atomic E-state index is 12.4. The molecule has 0 spiro atoms. The molecule has 1 N–H and O–H groups in total. The van der Waals surface area contributed by atoms with Crippen molar-refractivity contribution in [1.29, 1.82) is 0 Å². The van der Waals surface area contributed by atoms with Crippen LogP contribution in [0.4, 0.5) is 0 Å². The highest BCUT2D eigenvalue weighted by Gasteiger charge is 2.26. The number of benzene rings is 2. The predicted molar refractivity (Wildman–Crippen MR) is 130 cm³/mol. The molecule has 2 heterocycles. The van der Waals surface area contributed by atoms with Gasteiger partial charge in [-0.2, -0.15) is 0 Å². The Labute approximate surface area is 195 Å². The van der Waals surface area contributed by atoms with Crippen molar-refractivity contribution in [3.63, 3.8) is 0 Å². The molecule has 2 aromatic carbocycles. The predicted octanol–water partition coefficient (Wildman–Crippen LogP) is 4.16. The van der Waals surface area contributed by atoms with Crippen molar-refractivity contribution in [1.82, 2.24) is 14.8 Å². The summed E-state index contributed by atoms with van der Waals surface area (Å²) in [7, 11) is 0. The average Bonchev–Trinajstić information content (AvgIpc) is 2.82. The van der Waals surface area contributed by atoms with E-state index in [1.807, 2.05) is 59.7 Å². The van der Waals surface area contributed by atoms with Crippen LogP contribution in [0.5, 0.6) is 0 Å². The Morgan fingerprint density at radius 1 is 1.12 bits per heavy atom. The summed E-state index contributed by atoms with van der Waals surface area (Å²) in [5.41, 5.74) is 3.16. The van der Waals surface area contributed by atoms with Crippen molar-refractivity contribution >= 4 is 28.6 Å². The molecular formula is C24H24N4O4S. The standard InChI is InChI=1S/C24H24N4O4S/c1-33-21(16-28(31)32)27-13-11-26(12-14-27)15-19-22(24(29)30)18-9-5-6-10-20(18)25-23(19)17-7-3-2-4-8-17/h2-10,16H,11-15H2,1H3,(H,29,30)/b21-16-. The quantitative estimate of drug-likeness (QED) is 0.411. The average molecular weight is 465 g/mol. The summed E-state index contributed by atoms with van der Waals surface area (Å²) in [6.45, 7) is 3.02. The fourth-order valence-electron chi connectivity index (χ4n) is 4.19. The van der Waals surface area contributed by atoms with Gasteiger partial charge in [-0.15, -0.1) is 11.8 Å². The largest absolute Gasteiger partial charge is 0.478 e. The first-order valence-corrected chi connectivity index (χ1v) is 11.8. The summed E-state index contributed by atoms with van der Waals surface area (Å²) in [4.78, 5) is 31.9. The van der Waals surface area contributed by atoms with Gasteiger partial charge in [-0.25, -0.2) is 9.78 Å². The van der Waals surface area contributed by atoms with Gasteiger partial charge in [0.1, 0.15) is 5.03 Å². The number of carboxylic acid groups (broad SMARTS) is 1. The van der Waals surface area contributed by atoms with Crippen LogP contribution in [-0.2, 0) is 6.54 Å². The zero-order chi connectivity index (χ0) is 23.4. The SMILES string of the molecule is CS/C(=C\[N+](=O)[O-])N1CCN(Cc2c(-c3ccccc3)nc3ccccc3c2C(=O)O)CC1. The summed E-state index contributed by atoms with van der Waals surface area (Å²) in [6.07, 6.45) is 2.87. The zero-order valence-electron chi connectivity index (χ0n) is 18.2. The van der Waals surface area contributed by atoms with Gasteiger partial charge in [-0.1, -0.05) is 48.5 Å². The molecule has 1 fully saturated rings. The lowest BCUT2D eigenvalue weighted by Crippen LogP contribution is -2.45. The lowest BCUT2D eigenvalue weighted by molar-refractivity contribution is -0.403. The monoisotopic (exact) mass is 464 g/mol. The number of hydrogen-bond donors (Lipinski definition) is 1. The molecule has 170 valence electrons. The van der Waals surface area contributed by atoms with E-state index < -0.39 is 10.9 Å². The molecule has 1 saturated heterocycles. The number of carboxylic acids is 1. The highest BCUT2D eigenvalue weighted by Crippen LogP contribution is 2.32. The molecular weight excluding hydrogens is 440 g/mol. The number of thioether (sulfide) groups is 1. The number of para-hydroxylation sites is 1. The lowest BCUT2D eigenvalue weighted by atomic mass is 9.96. The first-order chi connectivity index (χ1) is 16.0. The molecule has 4 rings (SSSR count). The molecule has 33 heavy (non-hydrogen) atoms. The molecule has 1 aromatic heterocycles. The number of nitro groups is 1. The highest BCUT2D eigenvalue weighted by molar-refractivity contribution is 8.02. The van der Waals surface area contributed by atoms with E-state index in [9.17, 15) is 20.0 Å². The summed E-state index contributed by atoms with van der Waals surface area (Å²) in [5, 5.41) is 22.3. The van der Waals surface area contributed by atoms with Crippen molar-refractivity contribution in [2.75, 3.05) is 32.4 Å². The Morgan fingerprint density at radius 2 is 1.79 bits per heavy atom. The number of nitrogens with zero attached hydrogens (tertiary/aromatic N) is 4. The fourth-order valence-corrected chi connectivity index (χ4v) is 4.82. The molecule has 0 saturated carbocycles. The van der Waals surface area contributed by atoms with E-state index in [0.717, 1.165) is 11.8 Å². The Morgan fingerprint density at radius 3 is 2.42 bits per heavy atom. The molecule has 0 bridgehead atoms. The van der Waals surface area contributed by atoms with Crippen molar-refractivity contribution in [3.05, 3.63) is 87.1 Å². The number of aromatic nitrogens is 1. The first kappa shape index (κ1) is 22.8. The molecule has 1 aliphatic heterocycles. The molecule has 1 aliphatic rings. The second-order valence-corrected chi connectivity index (χ2v) is 8.55. The fraction of sp³-hybridized carbons (Fsp3) is 0.250. The summed E-state index contributed by atoms with van der Waals surface area (Å²) in [5.74, 6) is -0.974. The van der Waals surface area contributed by atoms with Gasteiger partial charge in [0.15, 0.2) is 0 Å². The first-order valence-electron chi connectivity index (χ1n) is 10.5. The van der Waals surface area contributed by atoms with Gasteiger partial charge in [0.2, 0.25) is 0 Å². The van der Waals surface area contributed by atoms with E-state index in [-0.39, 0.29) is 5.56 Å². The number of carbonyl (C=O) groups is 1. The third kappa shape index (κ3) is 4.99. The molecule has 9 heteroatoms. The number of fused-ring (bicyclic) bond motifs is 1. The summed E-state index contributed by atoms with van der Waals surface area (Å²) >= 11 is 1.36. The van der Waals surface area contributed by atoms with E-state index >= 15 is 0 Å². The van der Waals surface area contributed by atoms with Gasteiger partial charge in [0, 0.05) is 49.2 Å². The Kier molecular flexibility index (Phi) is 6.90. The number of rotatable bonds is 7. The van der Waals surface area contributed by atoms with Gasteiger partial charge in [-0.05, 0) is 12.3 Å². The summed E-state index contributed by atoms with van der Waals surface area (Å²) < 4.78 is 0. The van der Waals surface area contributed by atoms with E-state index in [4.69, 9.17) is 4.98 Å². The number of pyridine rings is 1. The molecule has 0 aliphatic carbocycles. The van der Waals surface area contributed by atoms with Crippen LogP contribution in [-0.4, -0.2) is 63.2 Å². The van der Waals surface area contributed by atoms with Crippen molar-refractivity contribution in [2.24, 2.45) is 0 Å². The second-order valence-electron chi connectivity index (χ2n) is 7.72. The van der Waals surface area contributed by atoms with Crippen LogP contribution in [0.3, 0.4) is 0 Å². The zero-order valence-corrected chi connectivity index (χ0v) is 19.0. The maximum atomic E-state index is 12.4. The van der Waals surface area contributed by atoms with Gasteiger partial charge in [0.05, 0.1) is 21.7 Å². The molecule has 8 nitrogen and oxygen atoms in total. The van der Waals surface area contributed by atoms with Crippen LogP contribution in [0.15, 0.2) is 65.8 Å². The Hall–Kier alpha value is -3.43. The van der Waals surface area contributed by atoms with Crippen LogP contribution in [0.25, 0.3) is 22.2 Å². The molecule has 0 atom stereocenters. The number of piperazine rings is 1. The smallest absolute Gasteiger partial charge is 0.336 e. The molecule has 0 unspecified atom stereocenters. The minimum absolute atomic E-state index is 0.278. The van der Waals surface area contributed by atoms with Crippen molar-refractivity contribution in [2.45, 2.75) is 6.54 Å². The number of hydrogen-bond acceptors (Lipinski definition) is 7. The third-order valence-corrected chi connectivity index (χ3v) is 6.53. The Bertz CT molecular complexity index is 1210. The third-order valence-electron chi connectivity index (χ3n) is 5.75. The second kappa shape index (κ2) is 10.0. The highest BCUT2D eigenvalue weighted by atomic mass is 32.2. The van der Waals surface area contributed by atoms with E-state index in [0.29, 0.717) is 59.9 Å². The summed E-state index contributed by atoms with van der Waals surface area (Å²) in [6, 6.07) is 17.0. The molecule has 0 radical (unpaired) electrons. The normalized spacial score (nSPS) is 15.1. The topological polar surface area (TPSA) is 99.8 Å². The van der Waals surface area contributed by atoms with E-state index in [2.05, 4.69) is 4.90 Å². The minimum atomic E-state index is -0.974. The van der Waals surface area contributed by atoms with Crippen LogP contribution in [0, 0.1) is 10.1 Å². The van der Waals surface area contributed by atoms with Gasteiger partial charge in [-0.3, -0.25) is 15.0 Å².